The van der Waals surface area contributed by atoms with Crippen LogP contribution in [-0.4, -0.2) is 32.3 Å². The lowest BCUT2D eigenvalue weighted by Gasteiger charge is -2.69. The molecule has 3 fully saturated rings. The van der Waals surface area contributed by atoms with Gasteiger partial charge in [0, 0.05) is 29.8 Å². The first-order valence-electron chi connectivity index (χ1n) is 11.4. The quantitative estimate of drug-likeness (QED) is 0.459. The second-order valence-corrected chi connectivity index (χ2v) is 9.51. The van der Waals surface area contributed by atoms with Crippen molar-refractivity contribution < 1.29 is 19.0 Å². The molecule has 3 saturated carbocycles. The van der Waals surface area contributed by atoms with Crippen molar-refractivity contribution in [1.82, 2.24) is 4.98 Å². The van der Waals surface area contributed by atoms with Crippen molar-refractivity contribution in [3.05, 3.63) is 59.8 Å². The van der Waals surface area contributed by atoms with E-state index in [1.165, 1.54) is 18.1 Å². The molecule has 0 radical (unpaired) electrons. The molecule has 3 aliphatic rings. The van der Waals surface area contributed by atoms with E-state index >= 15 is 0 Å². The molecule has 2 aromatic carbocycles. The highest BCUT2D eigenvalue weighted by atomic mass is 16.5. The molecule has 6 nitrogen and oxygen atoms in total. The molecular weight excluding hydrogens is 416 g/mol. The highest BCUT2D eigenvalue weighted by molar-refractivity contribution is 5.94. The number of methoxy groups -OCH3 is 3. The lowest BCUT2D eigenvalue weighted by atomic mass is 9.34. The molecule has 1 aromatic heterocycles. The maximum atomic E-state index is 12.0. The minimum absolute atomic E-state index is 0.0233. The van der Waals surface area contributed by atoms with E-state index in [1.807, 2.05) is 24.4 Å². The number of nitrogens with zero attached hydrogens (tertiary/aromatic N) is 1. The summed E-state index contributed by atoms with van der Waals surface area (Å²) in [5.74, 6) is 2.39. The second kappa shape index (κ2) is 8.25. The van der Waals surface area contributed by atoms with Crippen molar-refractivity contribution in [2.45, 2.75) is 38.6 Å². The maximum absolute atomic E-state index is 12.0. The molecule has 0 unspecified atom stereocenters. The van der Waals surface area contributed by atoms with E-state index in [1.54, 1.807) is 14.2 Å². The summed E-state index contributed by atoms with van der Waals surface area (Å²) >= 11 is 0. The Morgan fingerprint density at radius 2 is 1.82 bits per heavy atom. The molecule has 0 aliphatic heterocycles. The van der Waals surface area contributed by atoms with Crippen LogP contribution in [0.5, 0.6) is 11.5 Å². The molecule has 6 heteroatoms. The zero-order valence-corrected chi connectivity index (χ0v) is 19.4. The van der Waals surface area contributed by atoms with Gasteiger partial charge in [0.05, 0.1) is 26.7 Å². The lowest BCUT2D eigenvalue weighted by Crippen LogP contribution is -2.65. The van der Waals surface area contributed by atoms with E-state index in [0.717, 1.165) is 60.4 Å². The Kier molecular flexibility index (Phi) is 5.39. The summed E-state index contributed by atoms with van der Waals surface area (Å²) in [5.41, 5.74) is 2.53. The van der Waals surface area contributed by atoms with E-state index in [9.17, 15) is 4.79 Å². The number of benzene rings is 2. The summed E-state index contributed by atoms with van der Waals surface area (Å²) in [6.45, 7) is 0.599. The fourth-order valence-corrected chi connectivity index (χ4v) is 5.90. The van der Waals surface area contributed by atoms with Gasteiger partial charge in [-0.1, -0.05) is 18.2 Å². The highest BCUT2D eigenvalue weighted by Crippen LogP contribution is 2.75. The van der Waals surface area contributed by atoms with Gasteiger partial charge in [-0.3, -0.25) is 4.79 Å². The molecule has 1 heterocycles. The van der Waals surface area contributed by atoms with Crippen LogP contribution in [0.2, 0.25) is 0 Å². The Bertz CT molecular complexity index is 1190. The van der Waals surface area contributed by atoms with E-state index < -0.39 is 0 Å². The fraction of sp³-hybridized carbons (Fsp3) is 0.407. The SMILES string of the molecule is COC(=O)C12CC(CCc3cccc4c(NCc5ccc(OC)cc5OC)nccc34)(C1)C2. The van der Waals surface area contributed by atoms with Crippen molar-refractivity contribution in [3.8, 4) is 11.5 Å². The number of fused-ring (bicyclic) bond motifs is 1. The number of pyridine rings is 1. The van der Waals surface area contributed by atoms with Crippen LogP contribution in [0, 0.1) is 10.8 Å². The summed E-state index contributed by atoms with van der Waals surface area (Å²) in [6, 6.07) is 14.4. The van der Waals surface area contributed by atoms with Crippen molar-refractivity contribution in [2.75, 3.05) is 26.6 Å². The Balaban J connectivity index is 1.29. The van der Waals surface area contributed by atoms with Crippen LogP contribution < -0.4 is 14.8 Å². The predicted molar refractivity (Wildman–Crippen MR) is 128 cm³/mol. The fourth-order valence-electron chi connectivity index (χ4n) is 5.90. The second-order valence-electron chi connectivity index (χ2n) is 9.51. The first kappa shape index (κ1) is 21.6. The Labute approximate surface area is 194 Å². The summed E-state index contributed by atoms with van der Waals surface area (Å²) in [6.07, 6.45) is 6.93. The third kappa shape index (κ3) is 3.67. The Morgan fingerprint density at radius 3 is 2.55 bits per heavy atom. The number of ether oxygens (including phenoxy) is 3. The number of carbonyl (C=O) groups excluding carboxylic acids is 1. The van der Waals surface area contributed by atoms with Gasteiger partial charge in [0.2, 0.25) is 0 Å². The molecule has 0 spiro atoms. The average Bonchev–Trinajstić information content (AvgIpc) is 2.80. The van der Waals surface area contributed by atoms with Crippen LogP contribution in [0.1, 0.15) is 36.8 Å². The molecule has 33 heavy (non-hydrogen) atoms. The smallest absolute Gasteiger partial charge is 0.311 e. The molecule has 0 atom stereocenters. The lowest BCUT2D eigenvalue weighted by molar-refractivity contribution is -0.227. The summed E-state index contributed by atoms with van der Waals surface area (Å²) in [4.78, 5) is 16.6. The molecule has 172 valence electrons. The number of carbonyl (C=O) groups is 1. The van der Waals surface area contributed by atoms with Crippen molar-refractivity contribution in [1.29, 1.82) is 0 Å². The third-order valence-electron chi connectivity index (χ3n) is 7.52. The molecule has 3 aromatic rings. The molecule has 1 N–H and O–H groups in total. The predicted octanol–water partition coefficient (Wildman–Crippen LogP) is 5.14. The van der Waals surface area contributed by atoms with Crippen molar-refractivity contribution in [3.63, 3.8) is 0 Å². The minimum atomic E-state index is -0.170. The molecular formula is C27H30N2O4. The molecule has 6 rings (SSSR count). The van der Waals surface area contributed by atoms with Gasteiger partial charge < -0.3 is 19.5 Å². The van der Waals surface area contributed by atoms with Gasteiger partial charge in [0.25, 0.3) is 0 Å². The minimum Gasteiger partial charge on any atom is -0.497 e. The van der Waals surface area contributed by atoms with E-state index in [2.05, 4.69) is 34.6 Å². The summed E-state index contributed by atoms with van der Waals surface area (Å²) in [7, 11) is 4.81. The van der Waals surface area contributed by atoms with Crippen molar-refractivity contribution >= 4 is 22.6 Å². The van der Waals surface area contributed by atoms with E-state index in [0.29, 0.717) is 12.0 Å². The molecule has 3 aliphatic carbocycles. The van der Waals surface area contributed by atoms with Crippen LogP contribution in [0.25, 0.3) is 10.8 Å². The van der Waals surface area contributed by atoms with Gasteiger partial charge >= 0.3 is 5.97 Å². The number of hydrogen-bond donors (Lipinski definition) is 1. The van der Waals surface area contributed by atoms with Gasteiger partial charge in [-0.05, 0) is 66.7 Å². The standard InChI is InChI=1S/C27H30N2O4/c1-31-20-8-7-19(23(13-20)32-2)14-29-24-22-6-4-5-18(21(22)10-12-28-24)9-11-26-15-27(16-26,17-26)25(30)33-3/h4-8,10,12-13H,9,11,14-17H2,1-3H3,(H,28,29). The monoisotopic (exact) mass is 446 g/mol. The normalized spacial score (nSPS) is 22.8. The van der Waals surface area contributed by atoms with Crippen LogP contribution in [0.15, 0.2) is 48.7 Å². The first-order chi connectivity index (χ1) is 16.0. The summed E-state index contributed by atoms with van der Waals surface area (Å²) < 4.78 is 15.8. The molecule has 0 saturated heterocycles. The number of anilines is 1. The van der Waals surface area contributed by atoms with Gasteiger partial charge in [-0.2, -0.15) is 0 Å². The zero-order chi connectivity index (χ0) is 23.1. The third-order valence-corrected chi connectivity index (χ3v) is 7.52. The van der Waals surface area contributed by atoms with Gasteiger partial charge in [-0.25, -0.2) is 4.98 Å². The van der Waals surface area contributed by atoms with Gasteiger partial charge in [-0.15, -0.1) is 0 Å². The molecule has 0 amide bonds. The van der Waals surface area contributed by atoms with Gasteiger partial charge in [0.15, 0.2) is 0 Å². The topological polar surface area (TPSA) is 69.7 Å². The Morgan fingerprint density at radius 1 is 1.00 bits per heavy atom. The Hall–Kier alpha value is -3.28. The summed E-state index contributed by atoms with van der Waals surface area (Å²) in [5, 5.41) is 5.83. The van der Waals surface area contributed by atoms with Crippen molar-refractivity contribution in [2.24, 2.45) is 10.8 Å². The largest absolute Gasteiger partial charge is 0.497 e. The zero-order valence-electron chi connectivity index (χ0n) is 19.4. The number of aryl methyl sites for hydroxylation is 1. The van der Waals surface area contributed by atoms with Crippen LogP contribution in [-0.2, 0) is 22.5 Å². The maximum Gasteiger partial charge on any atom is 0.311 e. The molecule has 2 bridgehead atoms. The van der Waals surface area contributed by atoms with Crippen LogP contribution >= 0.6 is 0 Å². The van der Waals surface area contributed by atoms with Crippen LogP contribution in [0.4, 0.5) is 5.82 Å². The first-order valence-corrected chi connectivity index (χ1v) is 11.4. The number of aromatic nitrogens is 1. The number of hydrogen-bond acceptors (Lipinski definition) is 6. The van der Waals surface area contributed by atoms with Gasteiger partial charge in [0.1, 0.15) is 17.3 Å². The number of rotatable bonds is 9. The van der Waals surface area contributed by atoms with Crippen LogP contribution in [0.3, 0.4) is 0 Å². The number of nitrogens with one attached hydrogen (secondary N) is 1. The highest BCUT2D eigenvalue weighted by Gasteiger charge is 2.71. The van der Waals surface area contributed by atoms with E-state index in [-0.39, 0.29) is 11.4 Å². The average molecular weight is 447 g/mol. The number of esters is 1. The van der Waals surface area contributed by atoms with E-state index in [4.69, 9.17) is 14.2 Å².